The molecule has 3 aromatic rings. The van der Waals surface area contributed by atoms with Crippen LogP contribution < -0.4 is 4.74 Å². The third kappa shape index (κ3) is 5.74. The highest BCUT2D eigenvalue weighted by molar-refractivity contribution is 5.95. The molecular formula is C34H44N2O5. The van der Waals surface area contributed by atoms with E-state index in [2.05, 4.69) is 17.9 Å². The number of carbonyl (C=O) groups excluding carboxylic acids is 2. The Hall–Kier alpha value is -3.32. The van der Waals surface area contributed by atoms with Gasteiger partial charge >= 0.3 is 12.1 Å². The Kier molecular flexibility index (Phi) is 8.20. The molecule has 2 aromatic carbocycles. The van der Waals surface area contributed by atoms with Crippen molar-refractivity contribution < 1.29 is 23.8 Å². The Morgan fingerprint density at radius 1 is 1.05 bits per heavy atom. The van der Waals surface area contributed by atoms with Crippen molar-refractivity contribution in [3.05, 3.63) is 63.8 Å². The lowest BCUT2D eigenvalue weighted by atomic mass is 9.79. The molecule has 2 heterocycles. The summed E-state index contributed by atoms with van der Waals surface area (Å²) in [4.78, 5) is 28.3. The molecule has 1 aromatic heterocycles. The van der Waals surface area contributed by atoms with Crippen molar-refractivity contribution in [2.75, 3.05) is 20.8 Å². The normalized spacial score (nSPS) is 19.6. The molecule has 41 heavy (non-hydrogen) atoms. The number of hydrogen-bond donors (Lipinski definition) is 0. The van der Waals surface area contributed by atoms with Gasteiger partial charge in [0.15, 0.2) is 0 Å². The first-order chi connectivity index (χ1) is 19.5. The molecule has 2 atom stereocenters. The zero-order valence-electron chi connectivity index (χ0n) is 25.6. The van der Waals surface area contributed by atoms with E-state index in [1.54, 1.807) is 11.7 Å². The molecule has 0 spiro atoms. The second-order valence-electron chi connectivity index (χ2n) is 12.8. The molecule has 7 nitrogen and oxygen atoms in total. The summed E-state index contributed by atoms with van der Waals surface area (Å²) < 4.78 is 18.4. The maximum atomic E-state index is 13.1. The van der Waals surface area contributed by atoms with Crippen LogP contribution in [-0.4, -0.2) is 47.9 Å². The molecule has 1 aliphatic heterocycles. The average Bonchev–Trinajstić information content (AvgIpc) is 3.39. The monoisotopic (exact) mass is 560 g/mol. The van der Waals surface area contributed by atoms with Crippen molar-refractivity contribution in [1.29, 1.82) is 0 Å². The first-order valence-electron chi connectivity index (χ1n) is 14.9. The molecule has 7 heteroatoms. The van der Waals surface area contributed by atoms with Gasteiger partial charge in [0.05, 0.1) is 25.3 Å². The molecule has 2 aliphatic rings. The van der Waals surface area contributed by atoms with Gasteiger partial charge in [-0.1, -0.05) is 13.0 Å². The minimum atomic E-state index is -0.586. The van der Waals surface area contributed by atoms with Gasteiger partial charge in [0.1, 0.15) is 11.4 Å². The van der Waals surface area contributed by atoms with Crippen molar-refractivity contribution in [2.45, 2.75) is 91.3 Å². The SMILES string of the molecule is COC(=O)c1ccc([C@@H]2C[C@H](C)CCN2Cc2c(OC)cc(C)c3c2ccn3C(=O)OC(C)(C)C)c2c1CCCC2. The van der Waals surface area contributed by atoms with Gasteiger partial charge in [-0.15, -0.1) is 0 Å². The zero-order valence-corrected chi connectivity index (χ0v) is 25.6. The second kappa shape index (κ2) is 11.5. The maximum absolute atomic E-state index is 13.1. The lowest BCUT2D eigenvalue weighted by Gasteiger charge is -2.41. The summed E-state index contributed by atoms with van der Waals surface area (Å²) in [6, 6.07) is 8.43. The lowest BCUT2D eigenvalue weighted by molar-refractivity contribution is 0.0542. The molecule has 0 saturated carbocycles. The van der Waals surface area contributed by atoms with Gasteiger partial charge in [-0.2, -0.15) is 0 Å². The van der Waals surface area contributed by atoms with E-state index in [-0.39, 0.29) is 18.1 Å². The maximum Gasteiger partial charge on any atom is 0.419 e. The third-order valence-electron chi connectivity index (χ3n) is 8.71. The summed E-state index contributed by atoms with van der Waals surface area (Å²) in [5, 5.41) is 1.01. The van der Waals surface area contributed by atoms with Crippen LogP contribution in [0.25, 0.3) is 10.9 Å². The summed E-state index contributed by atoms with van der Waals surface area (Å²) in [6.45, 7) is 11.7. The molecule has 220 valence electrons. The first-order valence-corrected chi connectivity index (χ1v) is 14.9. The molecule has 0 unspecified atom stereocenters. The van der Waals surface area contributed by atoms with E-state index in [1.165, 1.54) is 23.8 Å². The molecule has 1 aliphatic carbocycles. The first kappa shape index (κ1) is 29.2. The average molecular weight is 561 g/mol. The number of aryl methyl sites for hydroxylation is 1. The molecule has 0 amide bonds. The number of carbonyl (C=O) groups is 2. The summed E-state index contributed by atoms with van der Waals surface area (Å²) in [7, 11) is 3.18. The standard InChI is InChI=1S/C34H44N2O5/c1-21-14-16-35(29(18-21)25-12-13-27(32(37)40-7)24-11-9-8-10-23(24)25)20-28-26-15-17-36(33(38)41-34(3,4)5)31(26)22(2)19-30(28)39-6/h12-13,15,17,19,21,29H,8-11,14,16,18,20H2,1-7H3/t21-,29+/m1/s1. The third-order valence-corrected chi connectivity index (χ3v) is 8.71. The highest BCUT2D eigenvalue weighted by Crippen LogP contribution is 2.42. The highest BCUT2D eigenvalue weighted by Gasteiger charge is 2.33. The van der Waals surface area contributed by atoms with Crippen LogP contribution in [0.5, 0.6) is 5.75 Å². The highest BCUT2D eigenvalue weighted by atomic mass is 16.6. The number of ether oxygens (including phenoxy) is 3. The molecule has 0 bridgehead atoms. The van der Waals surface area contributed by atoms with Crippen molar-refractivity contribution in [3.8, 4) is 5.75 Å². The van der Waals surface area contributed by atoms with E-state index in [0.717, 1.165) is 72.8 Å². The predicted molar refractivity (Wildman–Crippen MR) is 161 cm³/mol. The molecule has 0 N–H and O–H groups in total. The number of nitrogens with zero attached hydrogens (tertiary/aromatic N) is 2. The van der Waals surface area contributed by atoms with Gasteiger partial charge in [0.25, 0.3) is 0 Å². The van der Waals surface area contributed by atoms with Crippen molar-refractivity contribution in [3.63, 3.8) is 0 Å². The molecule has 1 saturated heterocycles. The number of likely N-dealkylation sites (tertiary alicyclic amines) is 1. The number of hydrogen-bond acceptors (Lipinski definition) is 6. The minimum Gasteiger partial charge on any atom is -0.496 e. The lowest BCUT2D eigenvalue weighted by Crippen LogP contribution is -2.37. The van der Waals surface area contributed by atoms with E-state index >= 15 is 0 Å². The molecular weight excluding hydrogens is 516 g/mol. The Morgan fingerprint density at radius 2 is 1.78 bits per heavy atom. The van der Waals surface area contributed by atoms with Crippen LogP contribution in [-0.2, 0) is 28.9 Å². The molecule has 5 rings (SSSR count). The van der Waals surface area contributed by atoms with Crippen LogP contribution in [0.4, 0.5) is 4.79 Å². The zero-order chi connectivity index (χ0) is 29.5. The van der Waals surface area contributed by atoms with Gasteiger partial charge < -0.3 is 14.2 Å². The second-order valence-corrected chi connectivity index (χ2v) is 12.8. The Labute approximate surface area is 243 Å². The number of rotatable bonds is 5. The van der Waals surface area contributed by atoms with E-state index in [9.17, 15) is 9.59 Å². The number of fused-ring (bicyclic) bond motifs is 2. The van der Waals surface area contributed by atoms with Crippen LogP contribution in [0.3, 0.4) is 0 Å². The number of piperidine rings is 1. The fraction of sp³-hybridized carbons (Fsp3) is 0.529. The quantitative estimate of drug-likeness (QED) is 0.303. The van der Waals surface area contributed by atoms with Crippen LogP contribution >= 0.6 is 0 Å². The van der Waals surface area contributed by atoms with E-state index in [1.807, 2.05) is 52.1 Å². The van der Waals surface area contributed by atoms with Gasteiger partial charge in [-0.25, -0.2) is 9.59 Å². The van der Waals surface area contributed by atoms with Crippen molar-refractivity contribution >= 4 is 23.0 Å². The predicted octanol–water partition coefficient (Wildman–Crippen LogP) is 7.38. The van der Waals surface area contributed by atoms with E-state index in [0.29, 0.717) is 18.0 Å². The summed E-state index contributed by atoms with van der Waals surface area (Å²) >= 11 is 0. The van der Waals surface area contributed by atoms with E-state index < -0.39 is 5.60 Å². The molecule has 1 fully saturated rings. The van der Waals surface area contributed by atoms with Crippen molar-refractivity contribution in [2.24, 2.45) is 5.92 Å². The van der Waals surface area contributed by atoms with Crippen LogP contribution in [0.15, 0.2) is 30.5 Å². The molecule has 0 radical (unpaired) electrons. The largest absolute Gasteiger partial charge is 0.496 e. The van der Waals surface area contributed by atoms with Crippen LogP contribution in [0, 0.1) is 12.8 Å². The van der Waals surface area contributed by atoms with Crippen LogP contribution in [0.1, 0.15) is 97.6 Å². The fourth-order valence-corrected chi connectivity index (χ4v) is 6.79. The Bertz CT molecular complexity index is 1460. The topological polar surface area (TPSA) is 70.0 Å². The van der Waals surface area contributed by atoms with Gasteiger partial charge in [-0.3, -0.25) is 9.47 Å². The minimum absolute atomic E-state index is 0.228. The van der Waals surface area contributed by atoms with Crippen molar-refractivity contribution in [1.82, 2.24) is 9.47 Å². The number of aromatic nitrogens is 1. The summed E-state index contributed by atoms with van der Waals surface area (Å²) in [5.74, 6) is 1.19. The Morgan fingerprint density at radius 3 is 2.46 bits per heavy atom. The van der Waals surface area contributed by atoms with Crippen LogP contribution in [0.2, 0.25) is 0 Å². The Balaban J connectivity index is 1.57. The smallest absolute Gasteiger partial charge is 0.419 e. The van der Waals surface area contributed by atoms with Gasteiger partial charge in [-0.05, 0) is 119 Å². The summed E-state index contributed by atoms with van der Waals surface area (Å²) in [6.07, 6.45) is 7.75. The number of esters is 1. The van der Waals surface area contributed by atoms with Gasteiger partial charge in [0, 0.05) is 29.7 Å². The fourth-order valence-electron chi connectivity index (χ4n) is 6.79. The van der Waals surface area contributed by atoms with Gasteiger partial charge in [0.2, 0.25) is 0 Å². The number of methoxy groups -OCH3 is 2. The summed E-state index contributed by atoms with van der Waals surface area (Å²) in [5.41, 5.74) is 6.87. The van der Waals surface area contributed by atoms with E-state index in [4.69, 9.17) is 14.2 Å². The number of benzene rings is 2.